The molecule has 0 aliphatic rings. The van der Waals surface area contributed by atoms with Gasteiger partial charge in [-0.05, 0) is 42.8 Å². The maximum atomic E-state index is 12.5. The van der Waals surface area contributed by atoms with Crippen molar-refractivity contribution in [2.24, 2.45) is 0 Å². The molecule has 7 heteroatoms. The third kappa shape index (κ3) is 6.07. The van der Waals surface area contributed by atoms with Crippen LogP contribution in [-0.4, -0.2) is 24.2 Å². The number of amides is 2. The molecule has 0 fully saturated rings. The standard InChI is InChI=1S/C19H21BrN2O3S/c1-12(26-11-14-4-6-15(20)7-5-14)19(24)22-17-10-16(21-13(2)23)8-9-18(17)25-3/h4-10,12H,11H2,1-3H3,(H,21,23)(H,22,24). The number of ether oxygens (including phenoxy) is 1. The molecule has 2 aromatic rings. The van der Waals surface area contributed by atoms with Crippen molar-refractivity contribution < 1.29 is 14.3 Å². The Bertz CT molecular complexity index is 781. The molecule has 138 valence electrons. The van der Waals surface area contributed by atoms with Crippen molar-refractivity contribution >= 4 is 50.9 Å². The van der Waals surface area contributed by atoms with Gasteiger partial charge in [0.05, 0.1) is 18.0 Å². The lowest BCUT2D eigenvalue weighted by atomic mass is 10.2. The summed E-state index contributed by atoms with van der Waals surface area (Å²) in [4.78, 5) is 23.7. The van der Waals surface area contributed by atoms with Gasteiger partial charge in [0.2, 0.25) is 11.8 Å². The van der Waals surface area contributed by atoms with Crippen molar-refractivity contribution in [3.63, 3.8) is 0 Å². The topological polar surface area (TPSA) is 67.4 Å². The number of halogens is 1. The van der Waals surface area contributed by atoms with Gasteiger partial charge in [0, 0.05) is 22.8 Å². The first-order valence-corrected chi connectivity index (χ1v) is 9.85. The molecule has 5 nitrogen and oxygen atoms in total. The van der Waals surface area contributed by atoms with E-state index in [0.717, 1.165) is 15.8 Å². The Hall–Kier alpha value is -1.99. The molecule has 26 heavy (non-hydrogen) atoms. The number of carbonyl (C=O) groups excluding carboxylic acids is 2. The Morgan fingerprint density at radius 1 is 1.15 bits per heavy atom. The van der Waals surface area contributed by atoms with Gasteiger partial charge >= 0.3 is 0 Å². The third-order valence-electron chi connectivity index (χ3n) is 3.56. The van der Waals surface area contributed by atoms with Crippen LogP contribution in [0.4, 0.5) is 11.4 Å². The molecule has 0 saturated heterocycles. The molecule has 2 amide bonds. The Morgan fingerprint density at radius 3 is 2.46 bits per heavy atom. The number of methoxy groups -OCH3 is 1. The van der Waals surface area contributed by atoms with E-state index in [1.165, 1.54) is 14.0 Å². The predicted molar refractivity (Wildman–Crippen MR) is 111 cm³/mol. The number of benzene rings is 2. The van der Waals surface area contributed by atoms with Gasteiger partial charge in [0.1, 0.15) is 5.75 Å². The predicted octanol–water partition coefficient (Wildman–Crippen LogP) is 4.68. The van der Waals surface area contributed by atoms with E-state index in [2.05, 4.69) is 26.6 Å². The minimum Gasteiger partial charge on any atom is -0.495 e. The van der Waals surface area contributed by atoms with Crippen LogP contribution >= 0.6 is 27.7 Å². The first kappa shape index (κ1) is 20.3. The highest BCUT2D eigenvalue weighted by molar-refractivity contribution is 9.10. The lowest BCUT2D eigenvalue weighted by Gasteiger charge is -2.15. The van der Waals surface area contributed by atoms with E-state index in [9.17, 15) is 9.59 Å². The fraction of sp³-hybridized carbons (Fsp3) is 0.263. The second-order valence-electron chi connectivity index (χ2n) is 5.67. The van der Waals surface area contributed by atoms with Gasteiger partial charge in [0.15, 0.2) is 0 Å². The molecule has 1 unspecified atom stereocenters. The van der Waals surface area contributed by atoms with Crippen LogP contribution in [0.5, 0.6) is 5.75 Å². The van der Waals surface area contributed by atoms with Crippen LogP contribution in [-0.2, 0) is 15.3 Å². The van der Waals surface area contributed by atoms with Crippen LogP contribution in [0.3, 0.4) is 0 Å². The van der Waals surface area contributed by atoms with Crippen molar-refractivity contribution in [1.29, 1.82) is 0 Å². The molecule has 0 bridgehead atoms. The third-order valence-corrected chi connectivity index (χ3v) is 5.30. The molecule has 1 atom stereocenters. The molecule has 2 N–H and O–H groups in total. The van der Waals surface area contributed by atoms with Crippen LogP contribution in [0.15, 0.2) is 46.9 Å². The SMILES string of the molecule is COc1ccc(NC(C)=O)cc1NC(=O)C(C)SCc1ccc(Br)cc1. The zero-order valence-electron chi connectivity index (χ0n) is 14.8. The zero-order chi connectivity index (χ0) is 19.1. The Morgan fingerprint density at radius 2 is 1.85 bits per heavy atom. The number of hydrogen-bond acceptors (Lipinski definition) is 4. The van der Waals surface area contributed by atoms with Crippen molar-refractivity contribution in [3.05, 3.63) is 52.5 Å². The van der Waals surface area contributed by atoms with Gasteiger partial charge in [0.25, 0.3) is 0 Å². The molecule has 0 heterocycles. The average Bonchev–Trinajstić information content (AvgIpc) is 2.60. The van der Waals surface area contributed by atoms with Crippen molar-refractivity contribution in [3.8, 4) is 5.75 Å². The number of rotatable bonds is 7. The maximum absolute atomic E-state index is 12.5. The lowest BCUT2D eigenvalue weighted by Crippen LogP contribution is -2.23. The van der Waals surface area contributed by atoms with Crippen LogP contribution in [0.1, 0.15) is 19.4 Å². The normalized spacial score (nSPS) is 11.5. The number of carbonyl (C=O) groups is 2. The largest absolute Gasteiger partial charge is 0.495 e. The summed E-state index contributed by atoms with van der Waals surface area (Å²) in [5.41, 5.74) is 2.28. The fourth-order valence-corrected chi connectivity index (χ4v) is 3.31. The van der Waals surface area contributed by atoms with E-state index in [-0.39, 0.29) is 17.1 Å². The number of anilines is 2. The van der Waals surface area contributed by atoms with Gasteiger partial charge < -0.3 is 15.4 Å². The minimum absolute atomic E-state index is 0.120. The van der Waals surface area contributed by atoms with Gasteiger partial charge in [-0.25, -0.2) is 0 Å². The van der Waals surface area contributed by atoms with Crippen molar-refractivity contribution in [2.45, 2.75) is 24.9 Å². The number of hydrogen-bond donors (Lipinski definition) is 2. The van der Waals surface area contributed by atoms with Gasteiger partial charge in [-0.1, -0.05) is 28.1 Å². The monoisotopic (exact) mass is 436 g/mol. The minimum atomic E-state index is -0.243. The molecular weight excluding hydrogens is 416 g/mol. The second kappa shape index (κ2) is 9.64. The summed E-state index contributed by atoms with van der Waals surface area (Å²) < 4.78 is 6.32. The zero-order valence-corrected chi connectivity index (χ0v) is 17.2. The average molecular weight is 437 g/mol. The Balaban J connectivity index is 2.00. The molecular formula is C19H21BrN2O3S. The van der Waals surface area contributed by atoms with Crippen LogP contribution in [0.2, 0.25) is 0 Å². The molecule has 0 saturated carbocycles. The lowest BCUT2D eigenvalue weighted by molar-refractivity contribution is -0.115. The van der Waals surface area contributed by atoms with E-state index in [1.54, 1.807) is 30.0 Å². The highest BCUT2D eigenvalue weighted by atomic mass is 79.9. The summed E-state index contributed by atoms with van der Waals surface area (Å²) in [5, 5.41) is 5.33. The molecule has 0 radical (unpaired) electrons. The van der Waals surface area contributed by atoms with Crippen molar-refractivity contribution in [2.75, 3.05) is 17.7 Å². The number of thioether (sulfide) groups is 1. The summed E-state index contributed by atoms with van der Waals surface area (Å²) >= 11 is 4.96. The molecule has 0 aliphatic heterocycles. The van der Waals surface area contributed by atoms with Crippen LogP contribution in [0.25, 0.3) is 0 Å². The highest BCUT2D eigenvalue weighted by Crippen LogP contribution is 2.29. The molecule has 0 aliphatic carbocycles. The summed E-state index contributed by atoms with van der Waals surface area (Å²) in [6.45, 7) is 3.30. The van der Waals surface area contributed by atoms with E-state index in [0.29, 0.717) is 17.1 Å². The Labute approximate surface area is 166 Å². The quantitative estimate of drug-likeness (QED) is 0.661. The fourth-order valence-electron chi connectivity index (χ4n) is 2.20. The smallest absolute Gasteiger partial charge is 0.237 e. The summed E-state index contributed by atoms with van der Waals surface area (Å²) in [6, 6.07) is 13.1. The Kier molecular flexibility index (Phi) is 7.53. The molecule has 0 aromatic heterocycles. The maximum Gasteiger partial charge on any atom is 0.237 e. The van der Waals surface area contributed by atoms with Crippen LogP contribution in [0, 0.1) is 0 Å². The first-order chi connectivity index (χ1) is 12.4. The molecule has 0 spiro atoms. The van der Waals surface area contributed by atoms with E-state index < -0.39 is 0 Å². The molecule has 2 aromatic carbocycles. The van der Waals surface area contributed by atoms with Gasteiger partial charge in [-0.3, -0.25) is 9.59 Å². The number of nitrogens with one attached hydrogen (secondary N) is 2. The van der Waals surface area contributed by atoms with E-state index in [4.69, 9.17) is 4.74 Å². The van der Waals surface area contributed by atoms with Crippen molar-refractivity contribution in [1.82, 2.24) is 0 Å². The van der Waals surface area contributed by atoms with E-state index in [1.807, 2.05) is 31.2 Å². The summed E-state index contributed by atoms with van der Waals surface area (Å²) in [5.74, 6) is 0.985. The van der Waals surface area contributed by atoms with Gasteiger partial charge in [-0.2, -0.15) is 0 Å². The second-order valence-corrected chi connectivity index (χ2v) is 7.91. The summed E-state index contributed by atoms with van der Waals surface area (Å²) in [7, 11) is 1.54. The van der Waals surface area contributed by atoms with Crippen LogP contribution < -0.4 is 15.4 Å². The summed E-state index contributed by atoms with van der Waals surface area (Å²) in [6.07, 6.45) is 0. The first-order valence-electron chi connectivity index (χ1n) is 8.01. The van der Waals surface area contributed by atoms with E-state index >= 15 is 0 Å². The highest BCUT2D eigenvalue weighted by Gasteiger charge is 2.16. The van der Waals surface area contributed by atoms with Gasteiger partial charge in [-0.15, -0.1) is 11.8 Å². The molecule has 2 rings (SSSR count).